The zero-order chi connectivity index (χ0) is 28.0. The van der Waals surface area contributed by atoms with Crippen LogP contribution >= 0.6 is 0 Å². The van der Waals surface area contributed by atoms with Gasteiger partial charge in [-0.25, -0.2) is 8.42 Å². The van der Waals surface area contributed by atoms with Gasteiger partial charge in [-0.2, -0.15) is 23.5 Å². The van der Waals surface area contributed by atoms with Gasteiger partial charge in [-0.1, -0.05) is 6.07 Å². The number of sulfone groups is 1. The molecule has 1 aromatic heterocycles. The Morgan fingerprint density at radius 3 is 2.54 bits per heavy atom. The van der Waals surface area contributed by atoms with Gasteiger partial charge in [-0.3, -0.25) is 9.48 Å². The number of nitrogens with one attached hydrogen (secondary N) is 1. The van der Waals surface area contributed by atoms with Crippen LogP contribution in [0.5, 0.6) is 0 Å². The minimum atomic E-state index is -4.93. The molecule has 2 aromatic rings. The van der Waals surface area contributed by atoms with E-state index < -0.39 is 55.2 Å². The number of amides is 1. The van der Waals surface area contributed by atoms with Crippen molar-refractivity contribution in [2.45, 2.75) is 72.6 Å². The van der Waals surface area contributed by atoms with Crippen molar-refractivity contribution < 1.29 is 35.9 Å². The predicted octanol–water partition coefficient (Wildman–Crippen LogP) is 3.39. The van der Waals surface area contributed by atoms with Crippen molar-refractivity contribution in [1.82, 2.24) is 15.1 Å². The molecular weight excluding hydrogens is 537 g/mol. The molecule has 3 atom stereocenters. The van der Waals surface area contributed by atoms with E-state index in [0.717, 1.165) is 12.1 Å². The third-order valence-electron chi connectivity index (χ3n) is 7.73. The molecular formula is C26H29F3N4O5S. The van der Waals surface area contributed by atoms with Crippen LogP contribution < -0.4 is 5.32 Å². The van der Waals surface area contributed by atoms with Crippen LogP contribution in [-0.4, -0.2) is 60.3 Å². The minimum Gasteiger partial charge on any atom is -0.381 e. The van der Waals surface area contributed by atoms with Crippen molar-refractivity contribution in [3.05, 3.63) is 36.2 Å². The Morgan fingerprint density at radius 2 is 1.95 bits per heavy atom. The highest BCUT2D eigenvalue weighted by Gasteiger charge is 2.51. The largest absolute Gasteiger partial charge is 0.417 e. The Bertz CT molecular complexity index is 1390. The molecule has 1 N–H and O–H groups in total. The molecule has 9 nitrogen and oxygen atoms in total. The molecule has 5 rings (SSSR count). The van der Waals surface area contributed by atoms with Crippen LogP contribution in [0.1, 0.15) is 44.1 Å². The molecule has 1 aliphatic heterocycles. The van der Waals surface area contributed by atoms with Crippen molar-refractivity contribution in [3.8, 4) is 17.2 Å². The van der Waals surface area contributed by atoms with E-state index in [2.05, 4.69) is 16.5 Å². The van der Waals surface area contributed by atoms with Crippen molar-refractivity contribution in [1.29, 1.82) is 5.26 Å². The standard InChI is InChI=1S/C26H29F3N4O5S/c1-33-14-17(13-31-33)16-2-3-23(21(10-16)26(27,28)29)39(35,36)19-11-20(24(34)32-25(15-30)6-7-25)22(12-19)38-18-4-8-37-9-5-18/h2-3,10,13-14,18-20,22H,4-9,11-12H2,1H3,(H,32,34)/t19-,20-,22-/m1/s1. The summed E-state index contributed by atoms with van der Waals surface area (Å²) in [6.45, 7) is 0.928. The van der Waals surface area contributed by atoms with E-state index in [1.54, 1.807) is 7.05 Å². The van der Waals surface area contributed by atoms with Crippen molar-refractivity contribution in [3.63, 3.8) is 0 Å². The van der Waals surface area contributed by atoms with E-state index in [9.17, 15) is 31.6 Å². The summed E-state index contributed by atoms with van der Waals surface area (Å²) >= 11 is 0. The Hall–Kier alpha value is -2.95. The summed E-state index contributed by atoms with van der Waals surface area (Å²) in [7, 11) is -2.89. The van der Waals surface area contributed by atoms with Crippen molar-refractivity contribution >= 4 is 15.7 Å². The highest BCUT2D eigenvalue weighted by Crippen LogP contribution is 2.43. The molecule has 2 aliphatic carbocycles. The van der Waals surface area contributed by atoms with Crippen LogP contribution in [-0.2, 0) is 37.3 Å². The molecule has 2 heterocycles. The Balaban J connectivity index is 1.45. The van der Waals surface area contributed by atoms with Crippen molar-refractivity contribution in [2.75, 3.05) is 13.2 Å². The number of aromatic nitrogens is 2. The zero-order valence-electron chi connectivity index (χ0n) is 21.3. The summed E-state index contributed by atoms with van der Waals surface area (Å²) in [6.07, 6.45) is -1.27. The third kappa shape index (κ3) is 5.69. The SMILES string of the molecule is Cn1cc(-c2ccc(S(=O)(=O)[C@H]3C[C@@H](OC4CCOCC4)[C@H](C(=O)NC4(C#N)CC4)C3)c(C(F)(F)F)c2)cn1. The quantitative estimate of drug-likeness (QED) is 0.545. The predicted molar refractivity (Wildman–Crippen MR) is 132 cm³/mol. The third-order valence-corrected chi connectivity index (χ3v) is 9.96. The normalized spacial score (nSPS) is 25.3. The van der Waals surface area contributed by atoms with Crippen LogP contribution in [0.15, 0.2) is 35.5 Å². The average molecular weight is 567 g/mol. The number of carbonyl (C=O) groups excluding carboxylic acids is 1. The second kappa shape index (κ2) is 10.2. The number of halogens is 3. The molecule has 3 fully saturated rings. The molecule has 210 valence electrons. The maximum atomic E-state index is 14.2. The number of hydrogen-bond acceptors (Lipinski definition) is 7. The van der Waals surface area contributed by atoms with Gasteiger partial charge in [0, 0.05) is 32.0 Å². The Kier molecular flexibility index (Phi) is 7.24. The van der Waals surface area contributed by atoms with Gasteiger partial charge in [0.25, 0.3) is 0 Å². The maximum Gasteiger partial charge on any atom is 0.417 e. The molecule has 1 saturated heterocycles. The summed E-state index contributed by atoms with van der Waals surface area (Å²) in [6, 6.07) is 5.21. The molecule has 13 heteroatoms. The maximum absolute atomic E-state index is 14.2. The van der Waals surface area contributed by atoms with Gasteiger partial charge in [0.1, 0.15) is 5.54 Å². The molecule has 0 unspecified atom stereocenters. The van der Waals surface area contributed by atoms with Crippen molar-refractivity contribution in [2.24, 2.45) is 13.0 Å². The smallest absolute Gasteiger partial charge is 0.381 e. The number of aryl methyl sites for hydroxylation is 1. The number of hydrogen-bond donors (Lipinski definition) is 1. The monoisotopic (exact) mass is 566 g/mol. The molecule has 0 bridgehead atoms. The first kappa shape index (κ1) is 27.6. The van der Waals surface area contributed by atoms with Crippen LogP contribution in [0.2, 0.25) is 0 Å². The van der Waals surface area contributed by atoms with Gasteiger partial charge in [0.15, 0.2) is 9.84 Å². The van der Waals surface area contributed by atoms with Crippen LogP contribution in [0, 0.1) is 17.2 Å². The molecule has 0 radical (unpaired) electrons. The number of ether oxygens (including phenoxy) is 2. The molecule has 2 saturated carbocycles. The summed E-state index contributed by atoms with van der Waals surface area (Å²) in [5.74, 6) is -1.42. The number of nitrogens with zero attached hydrogens (tertiary/aromatic N) is 3. The lowest BCUT2D eigenvalue weighted by Crippen LogP contribution is -2.43. The highest BCUT2D eigenvalue weighted by atomic mass is 32.2. The first-order valence-corrected chi connectivity index (χ1v) is 14.4. The average Bonchev–Trinajstić information content (AvgIpc) is 3.31. The number of alkyl halides is 3. The van der Waals surface area contributed by atoms with E-state index in [4.69, 9.17) is 9.47 Å². The lowest BCUT2D eigenvalue weighted by molar-refractivity contribution is -0.140. The Morgan fingerprint density at radius 1 is 1.23 bits per heavy atom. The van der Waals surface area contributed by atoms with E-state index >= 15 is 0 Å². The molecule has 1 amide bonds. The van der Waals surface area contributed by atoms with Crippen LogP contribution in [0.3, 0.4) is 0 Å². The lowest BCUT2D eigenvalue weighted by Gasteiger charge is -2.28. The van der Waals surface area contributed by atoms with Crippen LogP contribution in [0.25, 0.3) is 11.1 Å². The summed E-state index contributed by atoms with van der Waals surface area (Å²) in [5.41, 5.74) is -1.63. The topological polar surface area (TPSA) is 123 Å². The first-order chi connectivity index (χ1) is 18.4. The molecule has 0 spiro atoms. The second-order valence-electron chi connectivity index (χ2n) is 10.5. The van der Waals surface area contributed by atoms with Gasteiger partial charge in [-0.05, 0) is 56.2 Å². The van der Waals surface area contributed by atoms with E-state index in [1.807, 2.05) is 0 Å². The van der Waals surface area contributed by atoms with E-state index in [0.29, 0.717) is 44.5 Å². The second-order valence-corrected chi connectivity index (χ2v) is 12.7. The van der Waals surface area contributed by atoms with Gasteiger partial charge in [0.05, 0.1) is 46.1 Å². The number of nitriles is 1. The van der Waals surface area contributed by atoms with Crippen LogP contribution in [0.4, 0.5) is 13.2 Å². The number of benzene rings is 1. The summed E-state index contributed by atoms with van der Waals surface area (Å²) in [5, 5.41) is 14.8. The summed E-state index contributed by atoms with van der Waals surface area (Å²) < 4.78 is 82.9. The highest BCUT2D eigenvalue weighted by molar-refractivity contribution is 7.92. The van der Waals surface area contributed by atoms with E-state index in [1.165, 1.54) is 23.1 Å². The van der Waals surface area contributed by atoms with Gasteiger partial charge >= 0.3 is 6.18 Å². The molecule has 3 aliphatic rings. The summed E-state index contributed by atoms with van der Waals surface area (Å²) in [4.78, 5) is 12.4. The Labute approximate surface area is 224 Å². The zero-order valence-corrected chi connectivity index (χ0v) is 22.1. The van der Waals surface area contributed by atoms with Gasteiger partial charge < -0.3 is 14.8 Å². The molecule has 39 heavy (non-hydrogen) atoms. The minimum absolute atomic E-state index is 0.126. The fourth-order valence-corrected chi connectivity index (χ4v) is 7.34. The number of rotatable bonds is 7. The fourth-order valence-electron chi connectivity index (χ4n) is 5.34. The van der Waals surface area contributed by atoms with Gasteiger partial charge in [-0.15, -0.1) is 0 Å². The number of carbonyl (C=O) groups is 1. The molecule has 1 aromatic carbocycles. The fraction of sp³-hybridized carbons (Fsp3) is 0.577. The lowest BCUT2D eigenvalue weighted by atomic mass is 10.0. The first-order valence-electron chi connectivity index (χ1n) is 12.8. The van der Waals surface area contributed by atoms with Gasteiger partial charge in [0.2, 0.25) is 5.91 Å². The van der Waals surface area contributed by atoms with E-state index in [-0.39, 0.29) is 24.5 Å².